The average molecular weight is 335 g/mol. The maximum Gasteiger partial charge on any atom is 0.252 e. The second kappa shape index (κ2) is 5.23. The summed E-state index contributed by atoms with van der Waals surface area (Å²) in [5.41, 5.74) is 0.479. The van der Waals surface area contributed by atoms with E-state index in [1.807, 2.05) is 6.92 Å². The van der Waals surface area contributed by atoms with Crippen LogP contribution >= 0.6 is 22.9 Å². The molecule has 1 N–H and O–H groups in total. The summed E-state index contributed by atoms with van der Waals surface area (Å²) >= 11 is 6.83. The van der Waals surface area contributed by atoms with Crippen LogP contribution in [0.3, 0.4) is 0 Å². The number of nitrogens with one attached hydrogen (secondary N) is 1. The van der Waals surface area contributed by atoms with Crippen LogP contribution in [-0.2, 0) is 10.0 Å². The van der Waals surface area contributed by atoms with Crippen LogP contribution in [0.1, 0.15) is 38.3 Å². The second-order valence-corrected chi connectivity index (χ2v) is 9.58. The van der Waals surface area contributed by atoms with E-state index < -0.39 is 10.0 Å². The van der Waals surface area contributed by atoms with E-state index in [9.17, 15) is 8.42 Å². The van der Waals surface area contributed by atoms with Crippen molar-refractivity contribution in [3.8, 4) is 0 Å². The summed E-state index contributed by atoms with van der Waals surface area (Å²) in [4.78, 5) is 3.99. The molecular formula is C13H19ClN2O2S2. The first kappa shape index (κ1) is 14.8. The summed E-state index contributed by atoms with van der Waals surface area (Å²) in [6, 6.07) is -0.0180. The predicted molar refractivity (Wildman–Crippen MR) is 80.6 cm³/mol. The lowest BCUT2D eigenvalue weighted by Gasteiger charge is -2.28. The molecule has 1 aromatic rings. The van der Waals surface area contributed by atoms with E-state index in [1.54, 1.807) is 6.92 Å². The van der Waals surface area contributed by atoms with Gasteiger partial charge in [0.2, 0.25) is 0 Å². The van der Waals surface area contributed by atoms with E-state index in [0.717, 1.165) is 23.7 Å². The van der Waals surface area contributed by atoms with Crippen LogP contribution in [0.25, 0.3) is 0 Å². The fraction of sp³-hybridized carbons (Fsp3) is 0.769. The monoisotopic (exact) mass is 334 g/mol. The third-order valence-electron chi connectivity index (χ3n) is 4.75. The smallest absolute Gasteiger partial charge is 0.229 e. The molecule has 3 rings (SSSR count). The Morgan fingerprint density at radius 2 is 2.15 bits per heavy atom. The van der Waals surface area contributed by atoms with E-state index in [1.165, 1.54) is 19.3 Å². The third kappa shape index (κ3) is 2.63. The van der Waals surface area contributed by atoms with Gasteiger partial charge in [0.25, 0.3) is 10.0 Å². The van der Waals surface area contributed by atoms with Gasteiger partial charge in [-0.2, -0.15) is 0 Å². The fourth-order valence-corrected chi connectivity index (χ4v) is 6.94. The number of rotatable bonds is 4. The van der Waals surface area contributed by atoms with Crippen LogP contribution in [0, 0.1) is 24.7 Å². The van der Waals surface area contributed by atoms with E-state index in [2.05, 4.69) is 9.71 Å². The largest absolute Gasteiger partial charge is 0.252 e. The normalized spacial score (nSPS) is 30.9. The van der Waals surface area contributed by atoms with Crippen LogP contribution in [0.15, 0.2) is 4.21 Å². The molecule has 4 nitrogen and oxygen atoms in total. The quantitative estimate of drug-likeness (QED) is 0.919. The van der Waals surface area contributed by atoms with Gasteiger partial charge in [-0.3, -0.25) is 0 Å². The van der Waals surface area contributed by atoms with Gasteiger partial charge in [-0.05, 0) is 50.9 Å². The van der Waals surface area contributed by atoms with Crippen molar-refractivity contribution >= 4 is 33.0 Å². The Bertz CT molecular complexity index is 614. The standard InChI is InChI=1S/C13H19ClN2O2S2/c1-7(11-6-9-3-4-10(11)5-9)16-20(17,18)12-8(2)15-13(14)19-12/h7,9-11,16H,3-6H2,1-2H3. The number of aromatic nitrogens is 1. The molecule has 112 valence electrons. The molecule has 0 radical (unpaired) electrons. The van der Waals surface area contributed by atoms with Crippen LogP contribution < -0.4 is 4.72 Å². The van der Waals surface area contributed by atoms with Gasteiger partial charge in [-0.15, -0.1) is 0 Å². The Kier molecular flexibility index (Phi) is 3.86. The number of fused-ring (bicyclic) bond motifs is 2. The zero-order chi connectivity index (χ0) is 14.5. The highest BCUT2D eigenvalue weighted by molar-refractivity contribution is 7.91. The van der Waals surface area contributed by atoms with E-state index in [4.69, 9.17) is 11.6 Å². The van der Waals surface area contributed by atoms with E-state index in [-0.39, 0.29) is 14.7 Å². The Labute approximate surface area is 129 Å². The summed E-state index contributed by atoms with van der Waals surface area (Å²) in [7, 11) is -3.50. The first-order chi connectivity index (χ1) is 9.37. The number of hydrogen-bond acceptors (Lipinski definition) is 4. The van der Waals surface area contributed by atoms with Gasteiger partial charge in [0.05, 0.1) is 5.69 Å². The van der Waals surface area contributed by atoms with Gasteiger partial charge >= 0.3 is 0 Å². The first-order valence-corrected chi connectivity index (χ1v) is 9.70. The minimum Gasteiger partial charge on any atom is -0.229 e. The lowest BCUT2D eigenvalue weighted by Crippen LogP contribution is -2.40. The molecule has 0 amide bonds. The molecule has 1 aromatic heterocycles. The van der Waals surface area contributed by atoms with E-state index in [0.29, 0.717) is 17.5 Å². The zero-order valence-corrected chi connectivity index (χ0v) is 14.0. The van der Waals surface area contributed by atoms with Gasteiger partial charge in [0, 0.05) is 6.04 Å². The van der Waals surface area contributed by atoms with Crippen molar-refractivity contribution in [3.63, 3.8) is 0 Å². The van der Waals surface area contributed by atoms with Gasteiger partial charge in [-0.25, -0.2) is 18.1 Å². The topological polar surface area (TPSA) is 59.1 Å². The predicted octanol–water partition coefficient (Wildman–Crippen LogP) is 3.21. The van der Waals surface area contributed by atoms with Crippen molar-refractivity contribution in [2.24, 2.45) is 17.8 Å². The molecule has 2 fully saturated rings. The SMILES string of the molecule is Cc1nc(Cl)sc1S(=O)(=O)NC(C)C1CC2CCC1C2. The fourth-order valence-electron chi connectivity index (χ4n) is 3.89. The lowest BCUT2D eigenvalue weighted by molar-refractivity contribution is 0.280. The molecule has 2 saturated carbocycles. The number of aryl methyl sites for hydroxylation is 1. The van der Waals surface area contributed by atoms with Gasteiger partial charge < -0.3 is 0 Å². The summed E-state index contributed by atoms with van der Waals surface area (Å²) in [6.45, 7) is 3.67. The molecule has 2 aliphatic carbocycles. The minimum atomic E-state index is -3.50. The maximum atomic E-state index is 12.4. The van der Waals surface area contributed by atoms with Crippen molar-refractivity contribution in [2.45, 2.75) is 49.8 Å². The Balaban J connectivity index is 1.75. The summed E-state index contributed by atoms with van der Waals surface area (Å²) < 4.78 is 28.2. The zero-order valence-electron chi connectivity index (χ0n) is 11.6. The van der Waals surface area contributed by atoms with Crippen molar-refractivity contribution in [1.82, 2.24) is 9.71 Å². The maximum absolute atomic E-state index is 12.4. The molecule has 7 heteroatoms. The average Bonchev–Trinajstić information content (AvgIpc) is 3.03. The summed E-state index contributed by atoms with van der Waals surface area (Å²) in [5.74, 6) is 1.99. The molecule has 20 heavy (non-hydrogen) atoms. The second-order valence-electron chi connectivity index (χ2n) is 6.09. The minimum absolute atomic E-state index is 0.0180. The van der Waals surface area contributed by atoms with Crippen molar-refractivity contribution in [3.05, 3.63) is 10.2 Å². The summed E-state index contributed by atoms with van der Waals surface area (Å²) in [5, 5.41) is 0. The highest BCUT2D eigenvalue weighted by atomic mass is 35.5. The first-order valence-electron chi connectivity index (χ1n) is 7.02. The van der Waals surface area contributed by atoms with Crippen LogP contribution in [-0.4, -0.2) is 19.4 Å². The molecule has 4 unspecified atom stereocenters. The molecule has 0 saturated heterocycles. The molecule has 1 heterocycles. The van der Waals surface area contributed by atoms with Crippen molar-refractivity contribution in [1.29, 1.82) is 0 Å². The summed E-state index contributed by atoms with van der Waals surface area (Å²) in [6.07, 6.45) is 5.02. The van der Waals surface area contributed by atoms with E-state index >= 15 is 0 Å². The Morgan fingerprint density at radius 1 is 1.40 bits per heavy atom. The molecule has 0 aromatic carbocycles. The van der Waals surface area contributed by atoms with Gasteiger partial charge in [0.1, 0.15) is 0 Å². The lowest BCUT2D eigenvalue weighted by atomic mass is 9.84. The molecule has 2 aliphatic rings. The van der Waals surface area contributed by atoms with Crippen molar-refractivity contribution < 1.29 is 8.42 Å². The van der Waals surface area contributed by atoms with Crippen LogP contribution in [0.4, 0.5) is 0 Å². The third-order valence-corrected chi connectivity index (χ3v) is 8.18. The van der Waals surface area contributed by atoms with Crippen LogP contribution in [0.5, 0.6) is 0 Å². The number of sulfonamides is 1. The molecule has 2 bridgehead atoms. The van der Waals surface area contributed by atoms with Crippen LogP contribution in [0.2, 0.25) is 4.47 Å². The Hall–Kier alpha value is -0.170. The highest BCUT2D eigenvalue weighted by Gasteiger charge is 2.42. The van der Waals surface area contributed by atoms with Crippen molar-refractivity contribution in [2.75, 3.05) is 0 Å². The highest BCUT2D eigenvalue weighted by Crippen LogP contribution is 2.49. The molecule has 4 atom stereocenters. The Morgan fingerprint density at radius 3 is 2.65 bits per heavy atom. The van der Waals surface area contributed by atoms with Gasteiger partial charge in [0.15, 0.2) is 8.68 Å². The molecular weight excluding hydrogens is 316 g/mol. The number of hydrogen-bond donors (Lipinski definition) is 1. The number of halogens is 1. The molecule has 0 spiro atoms. The number of thiazole rings is 1. The van der Waals surface area contributed by atoms with Gasteiger partial charge in [-0.1, -0.05) is 29.4 Å². The molecule has 0 aliphatic heterocycles. The number of nitrogens with zero attached hydrogens (tertiary/aromatic N) is 1.